The van der Waals surface area contributed by atoms with E-state index in [-0.39, 0.29) is 5.56 Å². The molecule has 1 heterocycles. The molecule has 5 heteroatoms. The Balaban J connectivity index is 3.11. The zero-order chi connectivity index (χ0) is 10.0. The number of nitrogens with one attached hydrogen (secondary N) is 1. The normalized spacial score (nSPS) is 12.5. The van der Waals surface area contributed by atoms with Gasteiger partial charge < -0.3 is 15.8 Å². The number of hydrogen-bond donors (Lipinski definition) is 3. The summed E-state index contributed by atoms with van der Waals surface area (Å²) in [4.78, 5) is 23.8. The molecule has 1 aromatic rings. The van der Waals surface area contributed by atoms with Gasteiger partial charge in [-0.3, -0.25) is 9.59 Å². The summed E-state index contributed by atoms with van der Waals surface area (Å²) in [5.41, 5.74) is 5.95. The molecule has 0 saturated heterocycles. The van der Waals surface area contributed by atoms with Gasteiger partial charge in [0.05, 0.1) is 0 Å². The summed E-state index contributed by atoms with van der Waals surface area (Å²) in [5, 5.41) is 8.58. The van der Waals surface area contributed by atoms with Crippen molar-refractivity contribution >= 4 is 5.97 Å². The van der Waals surface area contributed by atoms with Gasteiger partial charge in [0.1, 0.15) is 6.04 Å². The second-order valence-electron chi connectivity index (χ2n) is 2.76. The average Bonchev–Trinajstić information content (AvgIpc) is 2.08. The van der Waals surface area contributed by atoms with E-state index in [0.29, 0.717) is 11.1 Å². The van der Waals surface area contributed by atoms with Gasteiger partial charge >= 0.3 is 5.97 Å². The van der Waals surface area contributed by atoms with Crippen molar-refractivity contribution in [2.24, 2.45) is 5.73 Å². The van der Waals surface area contributed by atoms with Crippen LogP contribution in [0, 0.1) is 6.92 Å². The first-order valence-electron chi connectivity index (χ1n) is 3.70. The number of aromatic amines is 1. The van der Waals surface area contributed by atoms with Gasteiger partial charge in [0.15, 0.2) is 0 Å². The third-order valence-electron chi connectivity index (χ3n) is 1.74. The summed E-state index contributed by atoms with van der Waals surface area (Å²) in [7, 11) is 0. The van der Waals surface area contributed by atoms with Crippen LogP contribution in [0.3, 0.4) is 0 Å². The van der Waals surface area contributed by atoms with Crippen molar-refractivity contribution in [1.29, 1.82) is 0 Å². The quantitative estimate of drug-likeness (QED) is 0.588. The van der Waals surface area contributed by atoms with Gasteiger partial charge in [-0.2, -0.15) is 0 Å². The summed E-state index contributed by atoms with van der Waals surface area (Å²) in [6.45, 7) is 1.59. The maximum atomic E-state index is 10.9. The Kier molecular flexibility index (Phi) is 2.48. The minimum atomic E-state index is -1.12. The van der Waals surface area contributed by atoms with Gasteiger partial charge in [-0.25, -0.2) is 0 Å². The molecule has 4 N–H and O–H groups in total. The van der Waals surface area contributed by atoms with Crippen LogP contribution in [0.5, 0.6) is 0 Å². The summed E-state index contributed by atoms with van der Waals surface area (Å²) in [5.74, 6) is -1.12. The molecule has 70 valence electrons. The molecule has 1 rings (SSSR count). The molecule has 0 aliphatic rings. The van der Waals surface area contributed by atoms with E-state index in [0.717, 1.165) is 0 Å². The molecular formula is C8H10N2O3. The Hall–Kier alpha value is -1.62. The molecule has 1 atom stereocenters. The van der Waals surface area contributed by atoms with Gasteiger partial charge in [-0.05, 0) is 18.6 Å². The molecule has 0 aliphatic heterocycles. The van der Waals surface area contributed by atoms with Gasteiger partial charge in [-0.1, -0.05) is 0 Å². The lowest BCUT2D eigenvalue weighted by Crippen LogP contribution is -2.22. The first-order chi connectivity index (χ1) is 6.02. The van der Waals surface area contributed by atoms with Crippen LogP contribution in [-0.2, 0) is 4.79 Å². The predicted molar refractivity (Wildman–Crippen MR) is 46.4 cm³/mol. The van der Waals surface area contributed by atoms with Crippen LogP contribution in [0.25, 0.3) is 0 Å². The van der Waals surface area contributed by atoms with E-state index in [2.05, 4.69) is 4.98 Å². The van der Waals surface area contributed by atoms with Crippen LogP contribution < -0.4 is 11.3 Å². The fraction of sp³-hybridized carbons (Fsp3) is 0.250. The van der Waals surface area contributed by atoms with Crippen LogP contribution in [0.4, 0.5) is 0 Å². The van der Waals surface area contributed by atoms with Gasteiger partial charge in [-0.15, -0.1) is 0 Å². The molecule has 0 amide bonds. The van der Waals surface area contributed by atoms with Gasteiger partial charge in [0.25, 0.3) is 5.56 Å². The van der Waals surface area contributed by atoms with E-state index in [1.165, 1.54) is 12.3 Å². The van der Waals surface area contributed by atoms with Crippen molar-refractivity contribution in [3.63, 3.8) is 0 Å². The van der Waals surface area contributed by atoms with E-state index in [1.54, 1.807) is 6.92 Å². The Morgan fingerprint density at radius 2 is 2.31 bits per heavy atom. The fourth-order valence-corrected chi connectivity index (χ4v) is 0.942. The highest BCUT2D eigenvalue weighted by Gasteiger charge is 2.14. The number of nitrogens with two attached hydrogens (primary N) is 1. The van der Waals surface area contributed by atoms with E-state index in [1.807, 2.05) is 0 Å². The third-order valence-corrected chi connectivity index (χ3v) is 1.74. The number of aliphatic carboxylic acids is 1. The smallest absolute Gasteiger partial charge is 0.325 e. The molecule has 1 unspecified atom stereocenters. The van der Waals surface area contributed by atoms with Crippen LogP contribution in [0.15, 0.2) is 17.1 Å². The van der Waals surface area contributed by atoms with Crippen LogP contribution >= 0.6 is 0 Å². The van der Waals surface area contributed by atoms with E-state index < -0.39 is 12.0 Å². The molecule has 0 aliphatic carbocycles. The Bertz CT molecular complexity index is 383. The van der Waals surface area contributed by atoms with Crippen LogP contribution in [0.2, 0.25) is 0 Å². The van der Waals surface area contributed by atoms with Crippen molar-refractivity contribution in [1.82, 2.24) is 4.98 Å². The lowest BCUT2D eigenvalue weighted by atomic mass is 10.1. The zero-order valence-electron chi connectivity index (χ0n) is 7.07. The van der Waals surface area contributed by atoms with Gasteiger partial charge in [0, 0.05) is 11.8 Å². The molecule has 0 aromatic carbocycles. The van der Waals surface area contributed by atoms with Gasteiger partial charge in [0.2, 0.25) is 0 Å². The van der Waals surface area contributed by atoms with Crippen molar-refractivity contribution < 1.29 is 9.90 Å². The molecule has 0 radical (unpaired) electrons. The molecule has 5 nitrogen and oxygen atoms in total. The number of aryl methyl sites for hydroxylation is 1. The van der Waals surface area contributed by atoms with Crippen LogP contribution in [0.1, 0.15) is 17.2 Å². The van der Waals surface area contributed by atoms with E-state index in [9.17, 15) is 9.59 Å². The molecular weight excluding hydrogens is 172 g/mol. The third kappa shape index (κ3) is 1.94. The molecule has 0 fully saturated rings. The Morgan fingerprint density at radius 1 is 1.69 bits per heavy atom. The number of carboxylic acids is 1. The highest BCUT2D eigenvalue weighted by molar-refractivity contribution is 5.75. The number of hydrogen-bond acceptors (Lipinski definition) is 3. The first-order valence-corrected chi connectivity index (χ1v) is 3.70. The number of H-pyrrole nitrogens is 1. The number of aromatic nitrogens is 1. The highest BCUT2D eigenvalue weighted by Crippen LogP contribution is 2.07. The van der Waals surface area contributed by atoms with E-state index >= 15 is 0 Å². The Labute approximate surface area is 74.2 Å². The maximum Gasteiger partial charge on any atom is 0.325 e. The van der Waals surface area contributed by atoms with Crippen molar-refractivity contribution in [2.45, 2.75) is 13.0 Å². The van der Waals surface area contributed by atoms with E-state index in [4.69, 9.17) is 10.8 Å². The molecule has 0 bridgehead atoms. The summed E-state index contributed by atoms with van der Waals surface area (Å²) < 4.78 is 0. The topological polar surface area (TPSA) is 96.2 Å². The minimum absolute atomic E-state index is 0.235. The zero-order valence-corrected chi connectivity index (χ0v) is 7.07. The average molecular weight is 182 g/mol. The molecule has 13 heavy (non-hydrogen) atoms. The van der Waals surface area contributed by atoms with Crippen molar-refractivity contribution in [3.05, 3.63) is 33.7 Å². The largest absolute Gasteiger partial charge is 0.480 e. The predicted octanol–water partition coefficient (Wildman–Crippen LogP) is -0.232. The summed E-state index contributed by atoms with van der Waals surface area (Å²) >= 11 is 0. The summed E-state index contributed by atoms with van der Waals surface area (Å²) in [6.07, 6.45) is 1.31. The number of pyridine rings is 1. The molecule has 1 aromatic heterocycles. The maximum absolute atomic E-state index is 10.9. The second-order valence-corrected chi connectivity index (χ2v) is 2.76. The lowest BCUT2D eigenvalue weighted by Gasteiger charge is -2.05. The monoisotopic (exact) mass is 182 g/mol. The molecule has 0 saturated carbocycles. The van der Waals surface area contributed by atoms with Crippen molar-refractivity contribution in [3.8, 4) is 0 Å². The van der Waals surface area contributed by atoms with Crippen molar-refractivity contribution in [2.75, 3.05) is 0 Å². The number of rotatable bonds is 2. The summed E-state index contributed by atoms with van der Waals surface area (Å²) in [6, 6.07) is 0.382. The number of carbonyl (C=O) groups is 1. The number of carboxylic acid groups (broad SMARTS) is 1. The van der Waals surface area contributed by atoms with Crippen LogP contribution in [-0.4, -0.2) is 16.1 Å². The molecule has 0 spiro atoms. The fourth-order valence-electron chi connectivity index (χ4n) is 0.942. The lowest BCUT2D eigenvalue weighted by molar-refractivity contribution is -0.138. The minimum Gasteiger partial charge on any atom is -0.480 e. The first kappa shape index (κ1) is 9.47. The second kappa shape index (κ2) is 3.40. The SMILES string of the molecule is Cc1cc(C(N)C(=O)O)c[nH]c1=O. The standard InChI is InChI=1S/C8H10N2O3/c1-4-2-5(3-10-7(4)11)6(9)8(12)13/h2-3,6H,9H2,1H3,(H,10,11)(H,12,13). The highest BCUT2D eigenvalue weighted by atomic mass is 16.4. The Morgan fingerprint density at radius 3 is 2.77 bits per heavy atom.